The van der Waals surface area contributed by atoms with Crippen LogP contribution in [0.25, 0.3) is 17.1 Å². The molecule has 0 amide bonds. The van der Waals surface area contributed by atoms with Gasteiger partial charge in [0.1, 0.15) is 17.2 Å². The van der Waals surface area contributed by atoms with Gasteiger partial charge in [-0.15, -0.1) is 0 Å². The average molecular weight is 396 g/mol. The Morgan fingerprint density at radius 1 is 1.37 bits per heavy atom. The van der Waals surface area contributed by atoms with E-state index in [1.807, 2.05) is 6.92 Å². The number of phosphoric ester groups is 1. The van der Waals surface area contributed by atoms with E-state index in [0.29, 0.717) is 35.2 Å². The molecule has 0 spiro atoms. The fraction of sp³-hybridized carbons (Fsp3) is 0.444. The van der Waals surface area contributed by atoms with Crippen molar-refractivity contribution in [2.75, 3.05) is 7.11 Å². The smallest absolute Gasteiger partial charge is 0.497 e. The maximum absolute atomic E-state index is 12.5. The molecular weight excluding hydrogens is 371 g/mol. The molecule has 1 aromatic heterocycles. The number of phosphoric acid groups is 1. The third-order valence-electron chi connectivity index (χ3n) is 3.95. The zero-order chi connectivity index (χ0) is 20.2. The molecule has 0 aliphatic carbocycles. The predicted molar refractivity (Wildman–Crippen MR) is 102 cm³/mol. The number of benzene rings is 1. The molecule has 27 heavy (non-hydrogen) atoms. The van der Waals surface area contributed by atoms with Gasteiger partial charge in [0.25, 0.3) is 0 Å². The lowest BCUT2D eigenvalue weighted by atomic mass is 10.0. The number of ketones is 1. The Kier molecular flexibility index (Phi) is 6.81. The number of aromatic nitrogens is 2. The van der Waals surface area contributed by atoms with Crippen LogP contribution in [-0.2, 0) is 9.09 Å². The number of unbranched alkanes of at least 4 members (excludes halogenated alkanes) is 1. The van der Waals surface area contributed by atoms with Crippen molar-refractivity contribution in [1.82, 2.24) is 9.78 Å². The highest BCUT2D eigenvalue weighted by Gasteiger charge is 2.22. The van der Waals surface area contributed by atoms with Gasteiger partial charge in [0, 0.05) is 23.8 Å². The van der Waals surface area contributed by atoms with E-state index in [0.717, 1.165) is 6.42 Å². The first-order chi connectivity index (χ1) is 12.7. The molecule has 0 atom stereocenters. The third-order valence-corrected chi connectivity index (χ3v) is 4.42. The van der Waals surface area contributed by atoms with Gasteiger partial charge in [-0.3, -0.25) is 14.6 Å². The van der Waals surface area contributed by atoms with Gasteiger partial charge in [0.05, 0.1) is 18.8 Å². The van der Waals surface area contributed by atoms with Crippen LogP contribution in [0.3, 0.4) is 0 Å². The molecule has 0 bridgehead atoms. The Morgan fingerprint density at radius 3 is 2.63 bits per heavy atom. The monoisotopic (exact) mass is 396 g/mol. The minimum atomic E-state index is -4.70. The molecule has 8 nitrogen and oxygen atoms in total. The van der Waals surface area contributed by atoms with E-state index >= 15 is 0 Å². The Hall–Kier alpha value is -2.15. The van der Waals surface area contributed by atoms with Gasteiger partial charge in [0.2, 0.25) is 0 Å². The topological polar surface area (TPSA) is 111 Å². The summed E-state index contributed by atoms with van der Waals surface area (Å²) in [6, 6.07) is 5.20. The summed E-state index contributed by atoms with van der Waals surface area (Å²) < 4.78 is 22.8. The van der Waals surface area contributed by atoms with Crippen LogP contribution >= 0.6 is 7.82 Å². The van der Waals surface area contributed by atoms with Crippen LogP contribution in [0, 0.1) is 5.92 Å². The van der Waals surface area contributed by atoms with Crippen molar-refractivity contribution in [1.29, 1.82) is 0 Å². The molecule has 1 heterocycles. The highest BCUT2D eigenvalue weighted by atomic mass is 31.2. The number of nitrogens with zero attached hydrogens (tertiary/aromatic N) is 2. The number of allylic oxidation sites excluding steroid dienone is 1. The molecule has 0 saturated carbocycles. The van der Waals surface area contributed by atoms with Gasteiger partial charge in [-0.25, -0.2) is 9.25 Å². The van der Waals surface area contributed by atoms with Crippen LogP contribution in [0.2, 0.25) is 0 Å². The first-order valence-corrected chi connectivity index (χ1v) is 10.3. The molecule has 0 fully saturated rings. The molecule has 0 unspecified atom stereocenters. The summed E-state index contributed by atoms with van der Waals surface area (Å²) >= 11 is 0. The van der Waals surface area contributed by atoms with Gasteiger partial charge in [-0.2, -0.15) is 5.10 Å². The molecule has 0 radical (unpaired) electrons. The van der Waals surface area contributed by atoms with Crippen LogP contribution in [0.5, 0.6) is 5.75 Å². The second-order valence-electron chi connectivity index (χ2n) is 6.48. The Balaban J connectivity index is 2.63. The lowest BCUT2D eigenvalue weighted by molar-refractivity contribution is 0.0935. The van der Waals surface area contributed by atoms with E-state index in [-0.39, 0.29) is 17.5 Å². The first kappa shape index (κ1) is 21.2. The average Bonchev–Trinajstić information content (AvgIpc) is 2.95. The molecule has 9 heteroatoms. The number of carbonyl (C=O) groups excluding carboxylic acids is 1. The minimum absolute atomic E-state index is 0.0981. The highest BCUT2D eigenvalue weighted by molar-refractivity contribution is 7.46. The molecule has 2 rings (SSSR count). The number of fused-ring (bicyclic) bond motifs is 1. The van der Waals surface area contributed by atoms with Gasteiger partial charge in [-0.1, -0.05) is 27.2 Å². The van der Waals surface area contributed by atoms with Gasteiger partial charge in [-0.05, 0) is 18.6 Å². The first-order valence-electron chi connectivity index (χ1n) is 8.72. The number of carbonyl (C=O) groups is 1. The van der Waals surface area contributed by atoms with Crippen molar-refractivity contribution in [3.63, 3.8) is 0 Å². The van der Waals surface area contributed by atoms with Crippen molar-refractivity contribution < 1.29 is 28.4 Å². The maximum atomic E-state index is 12.5. The predicted octanol–water partition coefficient (Wildman–Crippen LogP) is 3.98. The number of Topliss-reactive ketones (excluding diaryl/α,β-unsaturated/α-hetero) is 1. The number of hydrogen-bond acceptors (Lipinski definition) is 5. The summed E-state index contributed by atoms with van der Waals surface area (Å²) in [4.78, 5) is 30.9. The summed E-state index contributed by atoms with van der Waals surface area (Å²) in [5, 5.41) is 5.00. The second kappa shape index (κ2) is 8.69. The number of ether oxygens (including phenoxy) is 1. The fourth-order valence-electron chi connectivity index (χ4n) is 2.57. The van der Waals surface area contributed by atoms with E-state index in [9.17, 15) is 19.1 Å². The van der Waals surface area contributed by atoms with E-state index in [1.165, 1.54) is 18.0 Å². The molecule has 2 N–H and O–H groups in total. The van der Waals surface area contributed by atoms with Gasteiger partial charge < -0.3 is 9.26 Å². The van der Waals surface area contributed by atoms with Gasteiger partial charge >= 0.3 is 7.82 Å². The van der Waals surface area contributed by atoms with Gasteiger partial charge in [0.15, 0.2) is 5.78 Å². The maximum Gasteiger partial charge on any atom is 0.524 e. The van der Waals surface area contributed by atoms with Crippen LogP contribution in [0.15, 0.2) is 24.0 Å². The standard InChI is InChI=1S/C18H25N2O6P/c1-5-6-7-14(26-27(22,23)24)11-20-16-10-13(25-4)8-9-15(16)17(19-20)18(21)12(2)3/h8-12H,5-7H2,1-4H3,(H2,22,23,24)/b14-11-. The third kappa shape index (κ3) is 5.42. The lowest BCUT2D eigenvalue weighted by Crippen LogP contribution is -2.09. The number of rotatable bonds is 9. The molecular formula is C18H25N2O6P. The van der Waals surface area contributed by atoms with E-state index in [4.69, 9.17) is 9.26 Å². The molecule has 2 aromatic rings. The van der Waals surface area contributed by atoms with Crippen molar-refractivity contribution in [3.8, 4) is 5.75 Å². The molecule has 0 aliphatic heterocycles. The van der Waals surface area contributed by atoms with Crippen LogP contribution in [-0.4, -0.2) is 32.5 Å². The van der Waals surface area contributed by atoms with Crippen molar-refractivity contribution in [2.24, 2.45) is 5.92 Å². The van der Waals surface area contributed by atoms with E-state index in [1.54, 1.807) is 32.0 Å². The Morgan fingerprint density at radius 2 is 2.07 bits per heavy atom. The molecule has 0 saturated heterocycles. The normalized spacial score (nSPS) is 12.6. The van der Waals surface area contributed by atoms with E-state index < -0.39 is 7.82 Å². The Labute approximate surface area is 158 Å². The van der Waals surface area contributed by atoms with Crippen LogP contribution in [0.1, 0.15) is 50.5 Å². The summed E-state index contributed by atoms with van der Waals surface area (Å²) in [7, 11) is -3.17. The SMILES string of the molecule is CCCC/C(=C/n1nc(C(=O)C(C)C)c2ccc(OC)cc21)OP(=O)(O)O. The number of methoxy groups -OCH3 is 1. The largest absolute Gasteiger partial charge is 0.524 e. The van der Waals surface area contributed by atoms with Crippen molar-refractivity contribution >= 4 is 30.7 Å². The van der Waals surface area contributed by atoms with Crippen LogP contribution < -0.4 is 4.74 Å². The van der Waals surface area contributed by atoms with E-state index in [2.05, 4.69) is 5.10 Å². The van der Waals surface area contributed by atoms with Crippen LogP contribution in [0.4, 0.5) is 0 Å². The zero-order valence-corrected chi connectivity index (χ0v) is 16.8. The van der Waals surface area contributed by atoms with Crippen molar-refractivity contribution in [2.45, 2.75) is 40.0 Å². The minimum Gasteiger partial charge on any atom is -0.497 e. The summed E-state index contributed by atoms with van der Waals surface area (Å²) in [5.41, 5.74) is 0.881. The summed E-state index contributed by atoms with van der Waals surface area (Å²) in [6.45, 7) is 5.54. The second-order valence-corrected chi connectivity index (χ2v) is 7.64. The van der Waals surface area contributed by atoms with Crippen molar-refractivity contribution in [3.05, 3.63) is 29.7 Å². The molecule has 148 valence electrons. The lowest BCUT2D eigenvalue weighted by Gasteiger charge is -2.11. The summed E-state index contributed by atoms with van der Waals surface area (Å²) in [5.74, 6) is 0.310. The molecule has 0 aliphatic rings. The fourth-order valence-corrected chi connectivity index (χ4v) is 3.02. The highest BCUT2D eigenvalue weighted by Crippen LogP contribution is 2.40. The Bertz CT molecular complexity index is 897. The summed E-state index contributed by atoms with van der Waals surface area (Å²) in [6.07, 6.45) is 3.26. The quantitative estimate of drug-likeness (QED) is 0.375. The molecule has 1 aromatic carbocycles. The zero-order valence-electron chi connectivity index (χ0n) is 15.9. The number of hydrogen-bond donors (Lipinski definition) is 2.